The van der Waals surface area contributed by atoms with Gasteiger partial charge in [0.15, 0.2) is 12.2 Å². The lowest BCUT2D eigenvalue weighted by Gasteiger charge is -2.30. The van der Waals surface area contributed by atoms with Gasteiger partial charge in [0.2, 0.25) is 0 Å². The van der Waals surface area contributed by atoms with Crippen molar-refractivity contribution < 1.29 is 19.1 Å². The van der Waals surface area contributed by atoms with Gasteiger partial charge in [-0.3, -0.25) is 14.7 Å². The highest BCUT2D eigenvalue weighted by atomic mass is 35.5. The van der Waals surface area contributed by atoms with Crippen LogP contribution in [-0.2, 0) is 26.0 Å². The first kappa shape index (κ1) is 24.7. The molecule has 2 aromatic heterocycles. The molecule has 2 N–H and O–H groups in total. The predicted molar refractivity (Wildman–Crippen MR) is 135 cm³/mol. The van der Waals surface area contributed by atoms with Crippen LogP contribution in [0.4, 0.5) is 0 Å². The van der Waals surface area contributed by atoms with E-state index in [0.717, 1.165) is 37.4 Å². The monoisotopic (exact) mass is 510 g/mol. The summed E-state index contributed by atoms with van der Waals surface area (Å²) in [6.07, 6.45) is 9.35. The number of hydrogen-bond acceptors (Lipinski definition) is 7. The molecule has 1 fully saturated rings. The van der Waals surface area contributed by atoms with Crippen LogP contribution >= 0.6 is 11.6 Å². The van der Waals surface area contributed by atoms with Gasteiger partial charge in [-0.15, -0.1) is 0 Å². The molecule has 3 aromatic rings. The summed E-state index contributed by atoms with van der Waals surface area (Å²) in [6, 6.07) is 7.87. The molecule has 36 heavy (non-hydrogen) atoms. The minimum absolute atomic E-state index is 0.160. The number of amides is 1. The Morgan fingerprint density at radius 2 is 2.17 bits per heavy atom. The van der Waals surface area contributed by atoms with Gasteiger partial charge in [-0.05, 0) is 48.1 Å². The lowest BCUT2D eigenvalue weighted by molar-refractivity contribution is 0.0841. The normalized spacial score (nSPS) is 16.7. The Kier molecular flexibility index (Phi) is 7.84. The quantitative estimate of drug-likeness (QED) is 0.428. The maximum Gasteiger partial charge on any atom is 0.253 e. The van der Waals surface area contributed by atoms with E-state index in [9.17, 15) is 9.90 Å². The number of ether oxygens (including phenoxy) is 1. The van der Waals surface area contributed by atoms with Crippen LogP contribution in [0, 0.1) is 5.92 Å². The van der Waals surface area contributed by atoms with Crippen molar-refractivity contribution in [2.24, 2.45) is 5.92 Å². The summed E-state index contributed by atoms with van der Waals surface area (Å²) in [7, 11) is 0. The SMILES string of the molecule is O=C(NC[C@H](O)CN1CCc2cc(OCc3cnco3)ccc2C1)c1cc(CC2CCC2)ncc1Cl. The molecule has 0 unspecified atom stereocenters. The standard InChI is InChI=1S/C27H31ClN4O4/c28-26-13-30-21(8-18-2-1-3-18)10-25(26)27(34)31-11-22(33)15-32-7-6-19-9-23(5-4-20(19)14-32)35-16-24-12-29-17-36-24/h4-5,9-10,12-13,17-18,22,33H,1-3,6-8,11,14-16H2,(H,31,34)/t22-/m0/s1. The van der Waals surface area contributed by atoms with Crippen molar-refractivity contribution >= 4 is 17.5 Å². The van der Waals surface area contributed by atoms with Crippen molar-refractivity contribution in [3.63, 3.8) is 0 Å². The Labute approximate surface area is 215 Å². The maximum atomic E-state index is 12.7. The van der Waals surface area contributed by atoms with E-state index in [4.69, 9.17) is 20.8 Å². The number of nitrogens with zero attached hydrogens (tertiary/aromatic N) is 3. The summed E-state index contributed by atoms with van der Waals surface area (Å²) in [5.41, 5.74) is 3.77. The fraction of sp³-hybridized carbons (Fsp3) is 0.444. The van der Waals surface area contributed by atoms with E-state index in [1.54, 1.807) is 18.5 Å². The van der Waals surface area contributed by atoms with Crippen LogP contribution < -0.4 is 10.1 Å². The van der Waals surface area contributed by atoms with Gasteiger partial charge >= 0.3 is 0 Å². The molecule has 1 saturated carbocycles. The number of hydrogen-bond donors (Lipinski definition) is 2. The summed E-state index contributed by atoms with van der Waals surface area (Å²) in [5.74, 6) is 1.86. The molecule has 3 heterocycles. The Bertz CT molecular complexity index is 1180. The van der Waals surface area contributed by atoms with Crippen LogP contribution in [0.3, 0.4) is 0 Å². The van der Waals surface area contributed by atoms with Crippen LogP contribution in [0.5, 0.6) is 5.75 Å². The third-order valence-corrected chi connectivity index (χ3v) is 7.28. The Morgan fingerprint density at radius 3 is 2.94 bits per heavy atom. The molecule has 5 rings (SSSR count). The summed E-state index contributed by atoms with van der Waals surface area (Å²) in [6.45, 7) is 2.54. The van der Waals surface area contributed by atoms with Gasteiger partial charge in [-0.1, -0.05) is 36.9 Å². The van der Waals surface area contributed by atoms with Crippen molar-refractivity contribution in [2.75, 3.05) is 19.6 Å². The van der Waals surface area contributed by atoms with Gasteiger partial charge in [-0.25, -0.2) is 4.98 Å². The summed E-state index contributed by atoms with van der Waals surface area (Å²) in [5, 5.41) is 13.8. The minimum Gasteiger partial charge on any atom is -0.486 e. The van der Waals surface area contributed by atoms with Crippen LogP contribution in [-0.4, -0.2) is 51.6 Å². The second kappa shape index (κ2) is 11.4. The van der Waals surface area contributed by atoms with E-state index in [1.807, 2.05) is 6.07 Å². The van der Waals surface area contributed by atoms with E-state index in [1.165, 1.54) is 36.8 Å². The third-order valence-electron chi connectivity index (χ3n) is 6.98. The Hall–Kier alpha value is -2.94. The van der Waals surface area contributed by atoms with Crippen molar-refractivity contribution in [1.82, 2.24) is 20.2 Å². The number of rotatable bonds is 10. The number of nitrogens with one attached hydrogen (secondary N) is 1. The first-order valence-electron chi connectivity index (χ1n) is 12.5. The first-order chi connectivity index (χ1) is 17.5. The van der Waals surface area contributed by atoms with Crippen molar-refractivity contribution in [1.29, 1.82) is 0 Å². The molecule has 8 nitrogen and oxygen atoms in total. The Balaban J connectivity index is 1.09. The number of aliphatic hydroxyl groups excluding tert-OH is 1. The number of benzene rings is 1. The van der Waals surface area contributed by atoms with E-state index in [0.29, 0.717) is 35.4 Å². The lowest BCUT2D eigenvalue weighted by atomic mass is 9.82. The number of carbonyl (C=O) groups is 1. The fourth-order valence-corrected chi connectivity index (χ4v) is 4.92. The molecule has 1 atom stereocenters. The molecule has 0 bridgehead atoms. The number of aromatic nitrogens is 2. The molecule has 1 aliphatic carbocycles. The molecular formula is C27H31ClN4O4. The number of pyridine rings is 1. The molecule has 1 aliphatic heterocycles. The topological polar surface area (TPSA) is 101 Å². The molecule has 9 heteroatoms. The molecular weight excluding hydrogens is 480 g/mol. The summed E-state index contributed by atoms with van der Waals surface area (Å²) < 4.78 is 11.0. The van der Waals surface area contributed by atoms with Crippen molar-refractivity contribution in [3.05, 3.63) is 76.2 Å². The lowest BCUT2D eigenvalue weighted by Crippen LogP contribution is -2.42. The number of oxazole rings is 1. The molecule has 0 radical (unpaired) electrons. The zero-order valence-electron chi connectivity index (χ0n) is 20.2. The zero-order chi connectivity index (χ0) is 24.9. The molecule has 0 saturated heterocycles. The molecule has 1 aromatic carbocycles. The van der Waals surface area contributed by atoms with Crippen LogP contribution in [0.25, 0.3) is 0 Å². The summed E-state index contributed by atoms with van der Waals surface area (Å²) >= 11 is 6.24. The highest BCUT2D eigenvalue weighted by Crippen LogP contribution is 2.30. The van der Waals surface area contributed by atoms with E-state index >= 15 is 0 Å². The third kappa shape index (κ3) is 6.24. The van der Waals surface area contributed by atoms with Crippen molar-refractivity contribution in [3.8, 4) is 5.75 Å². The number of aliphatic hydroxyl groups is 1. The number of β-amino-alcohol motifs (C(OH)–C–C–N with tert-alkyl or cyclic N) is 1. The average molecular weight is 511 g/mol. The number of fused-ring (bicyclic) bond motifs is 1. The highest BCUT2D eigenvalue weighted by molar-refractivity contribution is 6.33. The predicted octanol–water partition coefficient (Wildman–Crippen LogP) is 3.79. The summed E-state index contributed by atoms with van der Waals surface area (Å²) in [4.78, 5) is 23.2. The van der Waals surface area contributed by atoms with Gasteiger partial charge < -0.3 is 19.6 Å². The van der Waals surface area contributed by atoms with Gasteiger partial charge in [0.25, 0.3) is 5.91 Å². The van der Waals surface area contributed by atoms with Gasteiger partial charge in [-0.2, -0.15) is 0 Å². The molecule has 0 spiro atoms. The minimum atomic E-state index is -0.685. The van der Waals surface area contributed by atoms with Gasteiger partial charge in [0, 0.05) is 38.1 Å². The average Bonchev–Trinajstić information content (AvgIpc) is 3.38. The van der Waals surface area contributed by atoms with Crippen LogP contribution in [0.15, 0.2) is 47.5 Å². The van der Waals surface area contributed by atoms with Crippen LogP contribution in [0.1, 0.15) is 52.2 Å². The number of halogens is 1. The van der Waals surface area contributed by atoms with Gasteiger partial charge in [0.05, 0.1) is 22.9 Å². The second-order valence-corrected chi connectivity index (χ2v) is 10.1. The van der Waals surface area contributed by atoms with E-state index in [-0.39, 0.29) is 12.5 Å². The largest absolute Gasteiger partial charge is 0.486 e. The zero-order valence-corrected chi connectivity index (χ0v) is 20.9. The van der Waals surface area contributed by atoms with E-state index < -0.39 is 6.10 Å². The smallest absolute Gasteiger partial charge is 0.253 e. The van der Waals surface area contributed by atoms with Crippen LogP contribution in [0.2, 0.25) is 5.02 Å². The molecule has 2 aliphatic rings. The molecule has 190 valence electrons. The fourth-order valence-electron chi connectivity index (χ4n) is 4.73. The first-order valence-corrected chi connectivity index (χ1v) is 12.9. The maximum absolute atomic E-state index is 12.7. The highest BCUT2D eigenvalue weighted by Gasteiger charge is 2.22. The second-order valence-electron chi connectivity index (χ2n) is 9.69. The van der Waals surface area contributed by atoms with E-state index in [2.05, 4.69) is 32.3 Å². The van der Waals surface area contributed by atoms with Crippen molar-refractivity contribution in [2.45, 2.75) is 51.4 Å². The Morgan fingerprint density at radius 1 is 1.28 bits per heavy atom. The number of carbonyl (C=O) groups excluding carboxylic acids is 1. The molecule has 1 amide bonds. The van der Waals surface area contributed by atoms with Gasteiger partial charge in [0.1, 0.15) is 12.4 Å².